The predicted octanol–water partition coefficient (Wildman–Crippen LogP) is 3.67. The number of nitrogens with zero attached hydrogens (tertiary/aromatic N) is 1. The standard InChI is InChI=1S/C12H10BrFN2O/c1-7-4-10(15)12(16-6-7)17-11-3-2-8(13)5-9(11)14/h2-6H,15H2,1H3. The highest BCUT2D eigenvalue weighted by atomic mass is 79.9. The van der Waals surface area contributed by atoms with Gasteiger partial charge in [0, 0.05) is 10.7 Å². The molecule has 3 nitrogen and oxygen atoms in total. The van der Waals surface area contributed by atoms with E-state index in [1.807, 2.05) is 6.92 Å². The molecule has 1 aromatic carbocycles. The van der Waals surface area contributed by atoms with Crippen LogP contribution in [0.2, 0.25) is 0 Å². The van der Waals surface area contributed by atoms with Gasteiger partial charge in [0.1, 0.15) is 0 Å². The fraction of sp³-hybridized carbons (Fsp3) is 0.0833. The van der Waals surface area contributed by atoms with E-state index in [0.29, 0.717) is 10.2 Å². The smallest absolute Gasteiger partial charge is 0.242 e. The molecule has 0 spiro atoms. The molecule has 0 fully saturated rings. The predicted molar refractivity (Wildman–Crippen MR) is 67.6 cm³/mol. The van der Waals surface area contributed by atoms with Crippen LogP contribution in [0.1, 0.15) is 5.56 Å². The Morgan fingerprint density at radius 1 is 1.35 bits per heavy atom. The first-order chi connectivity index (χ1) is 8.06. The topological polar surface area (TPSA) is 48.1 Å². The van der Waals surface area contributed by atoms with Crippen LogP contribution in [0, 0.1) is 12.7 Å². The van der Waals surface area contributed by atoms with Crippen LogP contribution in [0.25, 0.3) is 0 Å². The van der Waals surface area contributed by atoms with Crippen LogP contribution in [-0.2, 0) is 0 Å². The molecule has 1 heterocycles. The zero-order valence-corrected chi connectivity index (χ0v) is 10.7. The molecule has 0 saturated heterocycles. The van der Waals surface area contributed by atoms with E-state index in [0.717, 1.165) is 5.56 Å². The van der Waals surface area contributed by atoms with E-state index in [1.54, 1.807) is 18.3 Å². The van der Waals surface area contributed by atoms with Gasteiger partial charge in [-0.3, -0.25) is 0 Å². The molecular weight excluding hydrogens is 287 g/mol. The summed E-state index contributed by atoms with van der Waals surface area (Å²) < 4.78 is 19.5. The summed E-state index contributed by atoms with van der Waals surface area (Å²) in [6.07, 6.45) is 1.61. The summed E-state index contributed by atoms with van der Waals surface area (Å²) in [6, 6.07) is 6.24. The minimum atomic E-state index is -0.471. The van der Waals surface area contributed by atoms with Gasteiger partial charge < -0.3 is 10.5 Å². The lowest BCUT2D eigenvalue weighted by Gasteiger charge is -2.08. The first-order valence-corrected chi connectivity index (χ1v) is 5.70. The summed E-state index contributed by atoms with van der Waals surface area (Å²) in [4.78, 5) is 4.01. The summed E-state index contributed by atoms with van der Waals surface area (Å²) in [5.41, 5.74) is 7.03. The van der Waals surface area contributed by atoms with Crippen LogP contribution in [-0.4, -0.2) is 4.98 Å². The van der Waals surface area contributed by atoms with Gasteiger partial charge in [0.15, 0.2) is 11.6 Å². The van der Waals surface area contributed by atoms with Crippen molar-refractivity contribution >= 4 is 21.6 Å². The number of rotatable bonds is 2. The van der Waals surface area contributed by atoms with Gasteiger partial charge in [-0.25, -0.2) is 9.37 Å². The van der Waals surface area contributed by atoms with Gasteiger partial charge in [-0.15, -0.1) is 0 Å². The van der Waals surface area contributed by atoms with Crippen molar-refractivity contribution in [3.05, 3.63) is 46.3 Å². The minimum Gasteiger partial charge on any atom is -0.434 e. The Hall–Kier alpha value is -1.62. The molecule has 2 aromatic rings. The highest BCUT2D eigenvalue weighted by Crippen LogP contribution is 2.29. The Morgan fingerprint density at radius 3 is 2.76 bits per heavy atom. The number of pyridine rings is 1. The molecule has 0 aliphatic heterocycles. The lowest BCUT2D eigenvalue weighted by Crippen LogP contribution is -1.97. The van der Waals surface area contributed by atoms with Crippen LogP contribution in [0.15, 0.2) is 34.9 Å². The second-order valence-electron chi connectivity index (χ2n) is 3.58. The Balaban J connectivity index is 2.31. The molecule has 0 amide bonds. The van der Waals surface area contributed by atoms with E-state index in [1.165, 1.54) is 12.1 Å². The van der Waals surface area contributed by atoms with Crippen molar-refractivity contribution < 1.29 is 9.13 Å². The number of hydrogen-bond donors (Lipinski definition) is 1. The summed E-state index contributed by atoms with van der Waals surface area (Å²) in [5, 5.41) is 0. The molecule has 17 heavy (non-hydrogen) atoms. The lowest BCUT2D eigenvalue weighted by molar-refractivity contribution is 0.429. The first-order valence-electron chi connectivity index (χ1n) is 4.91. The molecule has 1 aromatic heterocycles. The lowest BCUT2D eigenvalue weighted by atomic mass is 10.3. The summed E-state index contributed by atoms with van der Waals surface area (Å²) in [5.74, 6) is -0.172. The van der Waals surface area contributed by atoms with Gasteiger partial charge in [0.05, 0.1) is 5.69 Å². The average Bonchev–Trinajstić information content (AvgIpc) is 2.25. The number of aryl methyl sites for hydroxylation is 1. The molecule has 0 bridgehead atoms. The largest absolute Gasteiger partial charge is 0.434 e. The Bertz CT molecular complexity index is 511. The number of nitrogen functional groups attached to an aromatic ring is 1. The van der Waals surface area contributed by atoms with Gasteiger partial charge in [0.2, 0.25) is 5.88 Å². The Labute approximate surface area is 107 Å². The molecule has 88 valence electrons. The highest BCUT2D eigenvalue weighted by molar-refractivity contribution is 9.10. The van der Waals surface area contributed by atoms with E-state index < -0.39 is 5.82 Å². The summed E-state index contributed by atoms with van der Waals surface area (Å²) in [6.45, 7) is 1.87. The molecule has 2 rings (SSSR count). The maximum absolute atomic E-state index is 13.5. The monoisotopic (exact) mass is 296 g/mol. The quantitative estimate of drug-likeness (QED) is 0.920. The molecule has 0 saturated carbocycles. The third-order valence-corrected chi connectivity index (χ3v) is 2.61. The molecular formula is C12H10BrFN2O. The summed E-state index contributed by atoms with van der Waals surface area (Å²) in [7, 11) is 0. The number of hydrogen-bond acceptors (Lipinski definition) is 3. The maximum Gasteiger partial charge on any atom is 0.242 e. The second kappa shape index (κ2) is 4.71. The van der Waals surface area contributed by atoms with E-state index >= 15 is 0 Å². The molecule has 5 heteroatoms. The van der Waals surface area contributed by atoms with E-state index in [2.05, 4.69) is 20.9 Å². The Kier molecular flexibility index (Phi) is 3.28. The normalized spacial score (nSPS) is 10.3. The van der Waals surface area contributed by atoms with Crippen molar-refractivity contribution in [3.8, 4) is 11.6 Å². The zero-order valence-electron chi connectivity index (χ0n) is 9.08. The fourth-order valence-corrected chi connectivity index (χ4v) is 1.66. The van der Waals surface area contributed by atoms with Crippen molar-refractivity contribution in [2.45, 2.75) is 6.92 Å². The van der Waals surface area contributed by atoms with E-state index in [9.17, 15) is 4.39 Å². The van der Waals surface area contributed by atoms with Crippen molar-refractivity contribution in [1.82, 2.24) is 4.98 Å². The average molecular weight is 297 g/mol. The number of benzene rings is 1. The van der Waals surface area contributed by atoms with Gasteiger partial charge in [-0.05, 0) is 36.8 Å². The van der Waals surface area contributed by atoms with Crippen LogP contribution >= 0.6 is 15.9 Å². The highest BCUT2D eigenvalue weighted by Gasteiger charge is 2.08. The molecule has 2 N–H and O–H groups in total. The number of halogens is 2. The number of ether oxygens (including phenoxy) is 1. The van der Waals surface area contributed by atoms with Crippen molar-refractivity contribution in [1.29, 1.82) is 0 Å². The van der Waals surface area contributed by atoms with Gasteiger partial charge in [-0.2, -0.15) is 0 Å². The van der Waals surface area contributed by atoms with Gasteiger partial charge in [0.25, 0.3) is 0 Å². The van der Waals surface area contributed by atoms with Crippen LogP contribution in [0.3, 0.4) is 0 Å². The SMILES string of the molecule is Cc1cnc(Oc2ccc(Br)cc2F)c(N)c1. The maximum atomic E-state index is 13.5. The van der Waals surface area contributed by atoms with Crippen LogP contribution in [0.5, 0.6) is 11.6 Å². The minimum absolute atomic E-state index is 0.0938. The van der Waals surface area contributed by atoms with Gasteiger partial charge >= 0.3 is 0 Å². The number of nitrogens with two attached hydrogens (primary N) is 1. The number of anilines is 1. The van der Waals surface area contributed by atoms with Crippen molar-refractivity contribution in [3.63, 3.8) is 0 Å². The van der Waals surface area contributed by atoms with E-state index in [-0.39, 0.29) is 11.6 Å². The van der Waals surface area contributed by atoms with Gasteiger partial charge in [-0.1, -0.05) is 15.9 Å². The van der Waals surface area contributed by atoms with Crippen LogP contribution < -0.4 is 10.5 Å². The zero-order chi connectivity index (χ0) is 12.4. The Morgan fingerprint density at radius 2 is 2.12 bits per heavy atom. The van der Waals surface area contributed by atoms with Crippen molar-refractivity contribution in [2.24, 2.45) is 0 Å². The molecule has 0 radical (unpaired) electrons. The van der Waals surface area contributed by atoms with Crippen molar-refractivity contribution in [2.75, 3.05) is 5.73 Å². The number of aromatic nitrogens is 1. The van der Waals surface area contributed by atoms with Crippen LogP contribution in [0.4, 0.5) is 10.1 Å². The fourth-order valence-electron chi connectivity index (χ4n) is 1.33. The second-order valence-corrected chi connectivity index (χ2v) is 4.50. The molecule has 0 atom stereocenters. The molecule has 0 unspecified atom stereocenters. The summed E-state index contributed by atoms with van der Waals surface area (Å²) >= 11 is 3.17. The van der Waals surface area contributed by atoms with E-state index in [4.69, 9.17) is 10.5 Å². The third kappa shape index (κ3) is 2.74. The third-order valence-electron chi connectivity index (χ3n) is 2.12. The molecule has 0 aliphatic carbocycles. The first kappa shape index (κ1) is 11.9. The molecule has 0 aliphatic rings.